The molecule has 3 nitrogen and oxygen atoms in total. The molecule has 1 N–H and O–H groups in total. The number of aromatic nitrogens is 1. The van der Waals surface area contributed by atoms with Crippen LogP contribution in [-0.4, -0.2) is 29.8 Å². The van der Waals surface area contributed by atoms with E-state index in [0.717, 1.165) is 38.2 Å². The molecule has 1 aliphatic heterocycles. The summed E-state index contributed by atoms with van der Waals surface area (Å²) in [6.07, 6.45) is 5.80. The van der Waals surface area contributed by atoms with Gasteiger partial charge in [-0.15, -0.1) is 0 Å². The second-order valence-corrected chi connectivity index (χ2v) is 5.24. The van der Waals surface area contributed by atoms with Crippen LogP contribution in [0.4, 0.5) is 5.82 Å². The number of fused-ring (bicyclic) bond motifs is 1. The maximum atomic E-state index is 9.14. The maximum Gasteiger partial charge on any atom is 0.128 e. The fourth-order valence-corrected chi connectivity index (χ4v) is 2.93. The largest absolute Gasteiger partial charge is 0.396 e. The lowest BCUT2D eigenvalue weighted by atomic mass is 9.98. The molecule has 0 amide bonds. The molecule has 0 bridgehead atoms. The monoisotopic (exact) mass is 232 g/mol. The summed E-state index contributed by atoms with van der Waals surface area (Å²) < 4.78 is 0. The second-order valence-electron chi connectivity index (χ2n) is 5.24. The minimum Gasteiger partial charge on any atom is -0.396 e. The second kappa shape index (κ2) is 4.65. The Bertz CT molecular complexity index is 397. The van der Waals surface area contributed by atoms with Crippen molar-refractivity contribution < 1.29 is 5.11 Å². The van der Waals surface area contributed by atoms with Crippen molar-refractivity contribution in [3.05, 3.63) is 23.4 Å². The number of aliphatic hydroxyl groups excluding tert-OH is 1. The van der Waals surface area contributed by atoms with Gasteiger partial charge in [-0.05, 0) is 49.7 Å². The van der Waals surface area contributed by atoms with Crippen LogP contribution in [0, 0.1) is 5.92 Å². The highest BCUT2D eigenvalue weighted by molar-refractivity contribution is 5.43. The third kappa shape index (κ3) is 2.16. The smallest absolute Gasteiger partial charge is 0.128 e. The Morgan fingerprint density at radius 1 is 1.24 bits per heavy atom. The van der Waals surface area contributed by atoms with Crippen molar-refractivity contribution in [2.75, 3.05) is 24.6 Å². The molecular formula is C14H20N2O. The third-order valence-corrected chi connectivity index (χ3v) is 4.11. The van der Waals surface area contributed by atoms with Crippen molar-refractivity contribution in [1.82, 2.24) is 4.98 Å². The summed E-state index contributed by atoms with van der Waals surface area (Å²) in [7, 11) is 0. The Kier molecular flexibility index (Phi) is 3.02. The number of nitrogens with zero attached hydrogens (tertiary/aromatic N) is 2. The molecule has 1 fully saturated rings. The molecular weight excluding hydrogens is 212 g/mol. The minimum atomic E-state index is 0.339. The normalized spacial score (nSPS) is 20.6. The van der Waals surface area contributed by atoms with E-state index in [1.54, 1.807) is 0 Å². The van der Waals surface area contributed by atoms with Gasteiger partial charge in [-0.1, -0.05) is 6.07 Å². The van der Waals surface area contributed by atoms with Gasteiger partial charge in [0.2, 0.25) is 0 Å². The number of hydrogen-bond acceptors (Lipinski definition) is 3. The Balaban J connectivity index is 1.72. The van der Waals surface area contributed by atoms with Crippen LogP contribution in [0.15, 0.2) is 12.1 Å². The Hall–Kier alpha value is -1.09. The summed E-state index contributed by atoms with van der Waals surface area (Å²) >= 11 is 0. The number of anilines is 1. The molecule has 17 heavy (non-hydrogen) atoms. The van der Waals surface area contributed by atoms with Crippen molar-refractivity contribution in [3.8, 4) is 0 Å². The van der Waals surface area contributed by atoms with Gasteiger partial charge in [-0.3, -0.25) is 0 Å². The lowest BCUT2D eigenvalue weighted by Gasteiger charge is -2.32. The first-order chi connectivity index (χ1) is 8.36. The van der Waals surface area contributed by atoms with E-state index in [-0.39, 0.29) is 0 Å². The molecule has 1 saturated heterocycles. The van der Waals surface area contributed by atoms with E-state index in [1.807, 2.05) is 0 Å². The van der Waals surface area contributed by atoms with Gasteiger partial charge in [-0.2, -0.15) is 0 Å². The summed E-state index contributed by atoms with van der Waals surface area (Å²) in [5, 5.41) is 9.14. The Morgan fingerprint density at radius 3 is 2.82 bits per heavy atom. The number of rotatable bonds is 2. The highest BCUT2D eigenvalue weighted by Gasteiger charge is 2.21. The molecule has 0 spiro atoms. The zero-order valence-electron chi connectivity index (χ0n) is 10.2. The first-order valence-corrected chi connectivity index (χ1v) is 6.71. The van der Waals surface area contributed by atoms with Gasteiger partial charge in [-0.25, -0.2) is 4.98 Å². The van der Waals surface area contributed by atoms with Crippen molar-refractivity contribution in [1.29, 1.82) is 0 Å². The van der Waals surface area contributed by atoms with Gasteiger partial charge in [0.05, 0.1) is 0 Å². The highest BCUT2D eigenvalue weighted by Crippen LogP contribution is 2.26. The predicted octanol–water partition coefficient (Wildman–Crippen LogP) is 1.78. The molecule has 3 rings (SSSR count). The number of aliphatic hydroxyl groups is 1. The van der Waals surface area contributed by atoms with Crippen molar-refractivity contribution >= 4 is 5.82 Å². The van der Waals surface area contributed by atoms with Crippen LogP contribution in [0.25, 0.3) is 0 Å². The molecule has 2 aliphatic rings. The first kappa shape index (κ1) is 11.0. The molecule has 1 aromatic heterocycles. The molecule has 0 atom stereocenters. The van der Waals surface area contributed by atoms with Crippen LogP contribution in [0.3, 0.4) is 0 Å². The third-order valence-electron chi connectivity index (χ3n) is 4.11. The summed E-state index contributed by atoms with van der Waals surface area (Å²) in [6.45, 7) is 2.42. The zero-order chi connectivity index (χ0) is 11.7. The number of pyridine rings is 1. The van der Waals surface area contributed by atoms with E-state index in [4.69, 9.17) is 10.1 Å². The average Bonchev–Trinajstić information content (AvgIpc) is 2.86. The molecule has 1 aromatic rings. The molecule has 92 valence electrons. The van der Waals surface area contributed by atoms with E-state index in [1.165, 1.54) is 24.1 Å². The van der Waals surface area contributed by atoms with E-state index in [2.05, 4.69) is 17.0 Å². The highest BCUT2D eigenvalue weighted by atomic mass is 16.3. The van der Waals surface area contributed by atoms with E-state index in [9.17, 15) is 0 Å². The van der Waals surface area contributed by atoms with Crippen LogP contribution in [0.1, 0.15) is 30.5 Å². The van der Waals surface area contributed by atoms with Crippen LogP contribution in [0.5, 0.6) is 0 Å². The van der Waals surface area contributed by atoms with Crippen LogP contribution in [0.2, 0.25) is 0 Å². The van der Waals surface area contributed by atoms with Gasteiger partial charge in [0.15, 0.2) is 0 Å². The maximum absolute atomic E-state index is 9.14. The topological polar surface area (TPSA) is 36.4 Å². The van der Waals surface area contributed by atoms with E-state index < -0.39 is 0 Å². The quantitative estimate of drug-likeness (QED) is 0.844. The fraction of sp³-hybridized carbons (Fsp3) is 0.643. The van der Waals surface area contributed by atoms with Crippen molar-refractivity contribution in [2.45, 2.75) is 32.1 Å². The molecule has 0 radical (unpaired) electrons. The fourth-order valence-electron chi connectivity index (χ4n) is 2.93. The molecule has 1 aliphatic carbocycles. The van der Waals surface area contributed by atoms with Crippen LogP contribution >= 0.6 is 0 Å². The van der Waals surface area contributed by atoms with Crippen LogP contribution in [-0.2, 0) is 12.8 Å². The molecule has 0 aromatic carbocycles. The van der Waals surface area contributed by atoms with Gasteiger partial charge < -0.3 is 10.0 Å². The number of piperidine rings is 1. The summed E-state index contributed by atoms with van der Waals surface area (Å²) in [4.78, 5) is 7.16. The molecule has 3 heteroatoms. The summed E-state index contributed by atoms with van der Waals surface area (Å²) in [5.41, 5.74) is 2.76. The standard InChI is InChI=1S/C14H20N2O/c17-10-11-6-8-16(9-7-11)14-5-4-12-2-1-3-13(12)15-14/h4-5,11,17H,1-3,6-10H2. The van der Waals surface area contributed by atoms with Crippen molar-refractivity contribution in [2.24, 2.45) is 5.92 Å². The zero-order valence-corrected chi connectivity index (χ0v) is 10.2. The lowest BCUT2D eigenvalue weighted by molar-refractivity contribution is 0.203. The van der Waals surface area contributed by atoms with E-state index in [0.29, 0.717) is 12.5 Å². The van der Waals surface area contributed by atoms with Gasteiger partial charge in [0.25, 0.3) is 0 Å². The van der Waals surface area contributed by atoms with Crippen LogP contribution < -0.4 is 4.90 Å². The SMILES string of the molecule is OCC1CCN(c2ccc3c(n2)CCC3)CC1. The number of hydrogen-bond donors (Lipinski definition) is 1. The summed E-state index contributed by atoms with van der Waals surface area (Å²) in [6, 6.07) is 4.42. The Morgan fingerprint density at radius 2 is 2.06 bits per heavy atom. The Labute approximate surface area is 102 Å². The van der Waals surface area contributed by atoms with Gasteiger partial charge in [0.1, 0.15) is 5.82 Å². The van der Waals surface area contributed by atoms with Gasteiger partial charge >= 0.3 is 0 Å². The number of aryl methyl sites for hydroxylation is 2. The summed E-state index contributed by atoms with van der Waals surface area (Å²) in [5.74, 6) is 1.64. The first-order valence-electron chi connectivity index (χ1n) is 6.71. The lowest BCUT2D eigenvalue weighted by Crippen LogP contribution is -2.35. The molecule has 2 heterocycles. The van der Waals surface area contributed by atoms with E-state index >= 15 is 0 Å². The van der Waals surface area contributed by atoms with Gasteiger partial charge in [0, 0.05) is 25.4 Å². The average molecular weight is 232 g/mol. The molecule has 0 saturated carbocycles. The minimum absolute atomic E-state index is 0.339. The predicted molar refractivity (Wildman–Crippen MR) is 68.3 cm³/mol. The molecule has 0 unspecified atom stereocenters. The van der Waals surface area contributed by atoms with Crippen molar-refractivity contribution in [3.63, 3.8) is 0 Å².